The van der Waals surface area contributed by atoms with Crippen LogP contribution in [0.1, 0.15) is 0 Å². The van der Waals surface area contributed by atoms with Gasteiger partial charge in [0, 0.05) is 22.1 Å². The van der Waals surface area contributed by atoms with Gasteiger partial charge in [0.05, 0.1) is 11.2 Å². The summed E-state index contributed by atoms with van der Waals surface area (Å²) in [7, 11) is 0. The van der Waals surface area contributed by atoms with Gasteiger partial charge in [0.1, 0.15) is 5.52 Å². The molecular weight excluding hydrogens is 430 g/mol. The largest absolute Gasteiger partial charge is 0.436 e. The molecule has 7 aromatic rings. The zero-order valence-electron chi connectivity index (χ0n) is 18.7. The van der Waals surface area contributed by atoms with Crippen LogP contribution in [0.2, 0.25) is 0 Å². The number of fused-ring (bicyclic) bond motifs is 3. The predicted octanol–water partition coefficient (Wildman–Crippen LogP) is 7.93. The quantitative estimate of drug-likeness (QED) is 0.275. The Labute approximate surface area is 201 Å². The number of hydrogen-bond donors (Lipinski definition) is 0. The first kappa shape index (κ1) is 19.6. The second-order valence-electron chi connectivity index (χ2n) is 8.54. The first-order valence-corrected chi connectivity index (χ1v) is 11.5. The van der Waals surface area contributed by atoms with Gasteiger partial charge >= 0.3 is 0 Å². The van der Waals surface area contributed by atoms with Gasteiger partial charge in [0.15, 0.2) is 11.4 Å². The lowest BCUT2D eigenvalue weighted by Crippen LogP contribution is -1.95. The number of para-hydroxylation sites is 3. The van der Waals surface area contributed by atoms with Crippen LogP contribution in [0, 0.1) is 0 Å². The number of benzene rings is 5. The number of hydrogen-bond acceptors (Lipinski definition) is 4. The molecule has 0 saturated carbocycles. The summed E-state index contributed by atoms with van der Waals surface area (Å²) in [6, 6.07) is 38.9. The Morgan fingerprint density at radius 2 is 1.17 bits per heavy atom. The first-order chi connectivity index (χ1) is 17.3. The summed E-state index contributed by atoms with van der Waals surface area (Å²) in [6.45, 7) is 0. The van der Waals surface area contributed by atoms with Crippen LogP contribution < -0.4 is 0 Å². The molecule has 0 bridgehead atoms. The van der Waals surface area contributed by atoms with E-state index < -0.39 is 0 Å². The minimum absolute atomic E-state index is 0.606. The van der Waals surface area contributed by atoms with Gasteiger partial charge in [-0.3, -0.25) is 0 Å². The monoisotopic (exact) mass is 449 g/mol. The smallest absolute Gasteiger partial charge is 0.227 e. The third kappa shape index (κ3) is 3.44. The molecule has 164 valence electrons. The molecule has 0 spiro atoms. The normalized spacial score (nSPS) is 11.4. The maximum atomic E-state index is 5.93. The minimum Gasteiger partial charge on any atom is -0.436 e. The van der Waals surface area contributed by atoms with Crippen molar-refractivity contribution in [2.45, 2.75) is 0 Å². The van der Waals surface area contributed by atoms with Crippen molar-refractivity contribution >= 4 is 32.8 Å². The molecule has 4 heteroatoms. The molecule has 0 unspecified atom stereocenters. The maximum Gasteiger partial charge on any atom is 0.227 e. The standard InChI is InChI=1S/C31H19N3O/c1-2-8-23-19-24(18-13-20(23)7-1)29-25-9-3-4-10-26(25)32-30(34-29)21-14-16-22(17-15-21)31-33-27-11-5-6-12-28(27)35-31/h1-19H. The van der Waals surface area contributed by atoms with Gasteiger partial charge in [0.2, 0.25) is 5.89 Å². The van der Waals surface area contributed by atoms with Gasteiger partial charge in [-0.25, -0.2) is 15.0 Å². The summed E-state index contributed by atoms with van der Waals surface area (Å²) >= 11 is 0. The zero-order chi connectivity index (χ0) is 23.2. The molecule has 4 nitrogen and oxygen atoms in total. The van der Waals surface area contributed by atoms with Gasteiger partial charge in [0.25, 0.3) is 0 Å². The molecule has 0 fully saturated rings. The highest BCUT2D eigenvalue weighted by Gasteiger charge is 2.13. The van der Waals surface area contributed by atoms with Crippen molar-refractivity contribution in [1.82, 2.24) is 15.0 Å². The summed E-state index contributed by atoms with van der Waals surface area (Å²) in [4.78, 5) is 14.5. The molecule has 0 aliphatic carbocycles. The molecule has 35 heavy (non-hydrogen) atoms. The van der Waals surface area contributed by atoms with Crippen molar-refractivity contribution in [2.75, 3.05) is 0 Å². The van der Waals surface area contributed by atoms with Gasteiger partial charge < -0.3 is 4.42 Å². The van der Waals surface area contributed by atoms with E-state index in [1.54, 1.807) is 0 Å². The average molecular weight is 450 g/mol. The Bertz CT molecular complexity index is 1820. The van der Waals surface area contributed by atoms with Crippen LogP contribution in [0.3, 0.4) is 0 Å². The van der Waals surface area contributed by atoms with E-state index >= 15 is 0 Å². The number of oxazole rings is 1. The molecule has 0 radical (unpaired) electrons. The average Bonchev–Trinajstić information content (AvgIpc) is 3.37. The van der Waals surface area contributed by atoms with Gasteiger partial charge in [-0.2, -0.15) is 0 Å². The molecule has 7 rings (SSSR count). The Morgan fingerprint density at radius 3 is 2.03 bits per heavy atom. The zero-order valence-corrected chi connectivity index (χ0v) is 18.7. The highest BCUT2D eigenvalue weighted by atomic mass is 16.3. The molecule has 2 heterocycles. The predicted molar refractivity (Wildman–Crippen MR) is 141 cm³/mol. The molecule has 0 saturated heterocycles. The lowest BCUT2D eigenvalue weighted by Gasteiger charge is -2.10. The van der Waals surface area contributed by atoms with E-state index in [2.05, 4.69) is 53.5 Å². The molecular formula is C31H19N3O. The van der Waals surface area contributed by atoms with E-state index in [1.165, 1.54) is 10.8 Å². The molecule has 0 aliphatic heterocycles. The van der Waals surface area contributed by atoms with Gasteiger partial charge in [-0.05, 0) is 47.2 Å². The van der Waals surface area contributed by atoms with Crippen LogP contribution in [-0.2, 0) is 0 Å². The maximum absolute atomic E-state index is 5.93. The van der Waals surface area contributed by atoms with Crippen molar-refractivity contribution in [3.8, 4) is 34.1 Å². The second-order valence-corrected chi connectivity index (χ2v) is 8.54. The van der Waals surface area contributed by atoms with Crippen LogP contribution in [0.4, 0.5) is 0 Å². The molecule has 0 atom stereocenters. The second kappa shape index (κ2) is 7.89. The van der Waals surface area contributed by atoms with Crippen molar-refractivity contribution < 1.29 is 4.42 Å². The summed E-state index contributed by atoms with van der Waals surface area (Å²) in [5, 5.41) is 3.44. The van der Waals surface area contributed by atoms with Crippen molar-refractivity contribution in [3.05, 3.63) is 115 Å². The number of nitrogens with zero attached hydrogens (tertiary/aromatic N) is 3. The van der Waals surface area contributed by atoms with E-state index in [0.29, 0.717) is 11.7 Å². The van der Waals surface area contributed by atoms with Gasteiger partial charge in [-0.15, -0.1) is 0 Å². The molecule has 2 aromatic heterocycles. The lowest BCUT2D eigenvalue weighted by molar-refractivity contribution is 0.620. The van der Waals surface area contributed by atoms with E-state index in [-0.39, 0.29) is 0 Å². The summed E-state index contributed by atoms with van der Waals surface area (Å²) in [6.07, 6.45) is 0. The highest BCUT2D eigenvalue weighted by Crippen LogP contribution is 2.32. The van der Waals surface area contributed by atoms with Crippen LogP contribution in [0.15, 0.2) is 120 Å². The van der Waals surface area contributed by atoms with E-state index in [4.69, 9.17) is 14.4 Å². The Hall–Kier alpha value is -4.83. The summed E-state index contributed by atoms with van der Waals surface area (Å²) in [5.74, 6) is 1.30. The highest BCUT2D eigenvalue weighted by molar-refractivity contribution is 5.96. The van der Waals surface area contributed by atoms with Crippen molar-refractivity contribution in [1.29, 1.82) is 0 Å². The van der Waals surface area contributed by atoms with E-state index in [9.17, 15) is 0 Å². The third-order valence-corrected chi connectivity index (χ3v) is 6.31. The van der Waals surface area contributed by atoms with E-state index in [0.717, 1.165) is 44.4 Å². The fourth-order valence-corrected chi connectivity index (χ4v) is 4.52. The minimum atomic E-state index is 0.606. The molecule has 0 N–H and O–H groups in total. The Kier molecular flexibility index (Phi) is 4.42. The topological polar surface area (TPSA) is 51.8 Å². The summed E-state index contributed by atoms with van der Waals surface area (Å²) < 4.78 is 5.93. The van der Waals surface area contributed by atoms with Crippen LogP contribution >= 0.6 is 0 Å². The fourth-order valence-electron chi connectivity index (χ4n) is 4.52. The molecule has 5 aromatic carbocycles. The number of aromatic nitrogens is 3. The van der Waals surface area contributed by atoms with Crippen molar-refractivity contribution in [2.24, 2.45) is 0 Å². The van der Waals surface area contributed by atoms with E-state index in [1.807, 2.05) is 66.7 Å². The fraction of sp³-hybridized carbons (Fsp3) is 0. The number of rotatable bonds is 3. The third-order valence-electron chi connectivity index (χ3n) is 6.31. The van der Waals surface area contributed by atoms with Crippen LogP contribution in [0.5, 0.6) is 0 Å². The van der Waals surface area contributed by atoms with Crippen molar-refractivity contribution in [3.63, 3.8) is 0 Å². The SMILES string of the molecule is c1ccc2cc(-c3nc(-c4ccc(-c5nc6ccccc6o5)cc4)nc4ccccc34)ccc2c1. The first-order valence-electron chi connectivity index (χ1n) is 11.5. The van der Waals surface area contributed by atoms with Crippen LogP contribution in [0.25, 0.3) is 66.9 Å². The van der Waals surface area contributed by atoms with Gasteiger partial charge in [-0.1, -0.05) is 78.9 Å². The van der Waals surface area contributed by atoms with Crippen LogP contribution in [-0.4, -0.2) is 15.0 Å². The molecule has 0 amide bonds. The summed E-state index contributed by atoms with van der Waals surface area (Å²) in [5.41, 5.74) is 6.42. The Balaban J connectivity index is 1.34. The Morgan fingerprint density at radius 1 is 0.486 bits per heavy atom. The molecule has 0 aliphatic rings. The lowest BCUT2D eigenvalue weighted by atomic mass is 10.0.